The van der Waals surface area contributed by atoms with E-state index in [1.54, 1.807) is 10.5 Å². The Morgan fingerprint density at radius 3 is 2.71 bits per heavy atom. The van der Waals surface area contributed by atoms with Gasteiger partial charge in [-0.2, -0.15) is 4.31 Å². The van der Waals surface area contributed by atoms with E-state index in [1.807, 2.05) is 11.6 Å². The van der Waals surface area contributed by atoms with Gasteiger partial charge in [-0.3, -0.25) is 0 Å². The van der Waals surface area contributed by atoms with E-state index in [9.17, 15) is 8.42 Å². The first kappa shape index (κ1) is 15.0. The summed E-state index contributed by atoms with van der Waals surface area (Å²) in [5.74, 6) is 1.50. The maximum absolute atomic E-state index is 12.7. The molecular formula is C14H24N4O2S. The molecule has 1 aromatic rings. The van der Waals surface area contributed by atoms with E-state index in [1.165, 1.54) is 0 Å². The summed E-state index contributed by atoms with van der Waals surface area (Å²) in [7, 11) is -1.47. The summed E-state index contributed by atoms with van der Waals surface area (Å²) in [5, 5.41) is 3.41. The minimum atomic E-state index is -3.41. The van der Waals surface area contributed by atoms with Gasteiger partial charge in [0.25, 0.3) is 10.0 Å². The summed E-state index contributed by atoms with van der Waals surface area (Å²) in [6, 6.07) is 0. The summed E-state index contributed by atoms with van der Waals surface area (Å²) in [6.45, 7) is 3.07. The largest absolute Gasteiger partial charge is 0.333 e. The number of aryl methyl sites for hydroxylation is 2. The highest BCUT2D eigenvalue weighted by molar-refractivity contribution is 7.89. The number of piperidine rings is 1. The number of rotatable bonds is 4. The lowest BCUT2D eigenvalue weighted by molar-refractivity contribution is 0.270. The van der Waals surface area contributed by atoms with E-state index in [4.69, 9.17) is 0 Å². The molecule has 1 fully saturated rings. The molecule has 0 amide bonds. The van der Waals surface area contributed by atoms with Crippen LogP contribution in [0.3, 0.4) is 0 Å². The third kappa shape index (κ3) is 3.00. The molecule has 1 aromatic heterocycles. The predicted molar refractivity (Wildman–Crippen MR) is 80.6 cm³/mol. The second-order valence-electron chi connectivity index (χ2n) is 6.05. The predicted octanol–water partition coefficient (Wildman–Crippen LogP) is 0.839. The fourth-order valence-electron chi connectivity index (χ4n) is 3.29. The Morgan fingerprint density at radius 2 is 2.05 bits per heavy atom. The number of hydrogen-bond acceptors (Lipinski definition) is 4. The Kier molecular flexibility index (Phi) is 4.33. The molecule has 0 saturated carbocycles. The quantitative estimate of drug-likeness (QED) is 0.894. The van der Waals surface area contributed by atoms with Crippen molar-refractivity contribution in [3.8, 4) is 0 Å². The van der Waals surface area contributed by atoms with Crippen molar-refractivity contribution in [2.75, 3.05) is 26.7 Å². The van der Waals surface area contributed by atoms with Crippen molar-refractivity contribution in [2.24, 2.45) is 5.92 Å². The summed E-state index contributed by atoms with van der Waals surface area (Å²) in [6.07, 6.45) is 6.68. The van der Waals surface area contributed by atoms with E-state index in [2.05, 4.69) is 10.3 Å². The molecule has 1 N–H and O–H groups in total. The standard InChI is InChI=1S/C14H24N4O2S/c1-15-10-12-5-8-18(9-6-12)21(19,20)14-11-17-7-3-2-4-13(17)16-14/h11-12,15H,2-10H2,1H3. The number of aromatic nitrogens is 2. The van der Waals surface area contributed by atoms with Crippen LogP contribution in [0.25, 0.3) is 0 Å². The third-order valence-corrected chi connectivity index (χ3v) is 6.33. The molecule has 6 nitrogen and oxygen atoms in total. The highest BCUT2D eigenvalue weighted by Crippen LogP contribution is 2.24. The zero-order chi connectivity index (χ0) is 14.9. The highest BCUT2D eigenvalue weighted by atomic mass is 32.2. The van der Waals surface area contributed by atoms with Gasteiger partial charge in [-0.25, -0.2) is 13.4 Å². The fourth-order valence-corrected chi connectivity index (χ4v) is 4.72. The van der Waals surface area contributed by atoms with Crippen LogP contribution >= 0.6 is 0 Å². The minimum absolute atomic E-state index is 0.242. The minimum Gasteiger partial charge on any atom is -0.333 e. The topological polar surface area (TPSA) is 67.2 Å². The van der Waals surface area contributed by atoms with Gasteiger partial charge in [-0.1, -0.05) is 0 Å². The molecule has 0 spiro atoms. The van der Waals surface area contributed by atoms with Crippen LogP contribution in [0.2, 0.25) is 0 Å². The molecule has 3 heterocycles. The fraction of sp³-hybridized carbons (Fsp3) is 0.786. The Labute approximate surface area is 126 Å². The number of nitrogens with one attached hydrogen (secondary N) is 1. The lowest BCUT2D eigenvalue weighted by atomic mass is 9.98. The van der Waals surface area contributed by atoms with Gasteiger partial charge in [0, 0.05) is 32.3 Å². The van der Waals surface area contributed by atoms with Crippen LogP contribution in [-0.4, -0.2) is 49.0 Å². The van der Waals surface area contributed by atoms with Crippen LogP contribution in [0.4, 0.5) is 0 Å². The molecule has 0 radical (unpaired) electrons. The maximum Gasteiger partial charge on any atom is 0.262 e. The van der Waals surface area contributed by atoms with Gasteiger partial charge >= 0.3 is 0 Å². The van der Waals surface area contributed by atoms with E-state index >= 15 is 0 Å². The van der Waals surface area contributed by atoms with Crippen molar-refractivity contribution in [3.63, 3.8) is 0 Å². The second-order valence-corrected chi connectivity index (χ2v) is 7.94. The Bertz CT molecular complexity index is 565. The van der Waals surface area contributed by atoms with Crippen LogP contribution < -0.4 is 5.32 Å². The number of nitrogens with zero attached hydrogens (tertiary/aromatic N) is 3. The van der Waals surface area contributed by atoms with Crippen molar-refractivity contribution < 1.29 is 8.42 Å². The smallest absolute Gasteiger partial charge is 0.262 e. The number of fused-ring (bicyclic) bond motifs is 1. The number of hydrogen-bond donors (Lipinski definition) is 1. The van der Waals surface area contributed by atoms with E-state index in [0.717, 1.165) is 51.0 Å². The first-order chi connectivity index (χ1) is 10.1. The van der Waals surface area contributed by atoms with Gasteiger partial charge < -0.3 is 9.88 Å². The maximum atomic E-state index is 12.7. The third-order valence-electron chi connectivity index (χ3n) is 4.56. The summed E-state index contributed by atoms with van der Waals surface area (Å²) in [5.41, 5.74) is 0. The zero-order valence-electron chi connectivity index (χ0n) is 12.6. The molecule has 7 heteroatoms. The lowest BCUT2D eigenvalue weighted by Crippen LogP contribution is -2.40. The van der Waals surface area contributed by atoms with Gasteiger partial charge in [-0.15, -0.1) is 0 Å². The van der Waals surface area contributed by atoms with Crippen LogP contribution in [0.1, 0.15) is 31.5 Å². The Hall–Kier alpha value is -0.920. The van der Waals surface area contributed by atoms with E-state index in [-0.39, 0.29) is 5.03 Å². The molecule has 0 aromatic carbocycles. The zero-order valence-corrected chi connectivity index (χ0v) is 13.4. The van der Waals surface area contributed by atoms with Crippen molar-refractivity contribution in [3.05, 3.63) is 12.0 Å². The summed E-state index contributed by atoms with van der Waals surface area (Å²) in [4.78, 5) is 4.37. The van der Waals surface area contributed by atoms with Gasteiger partial charge in [-0.05, 0) is 45.2 Å². The molecule has 2 aliphatic heterocycles. The van der Waals surface area contributed by atoms with Crippen molar-refractivity contribution in [2.45, 2.75) is 43.7 Å². The Balaban J connectivity index is 1.73. The van der Waals surface area contributed by atoms with E-state index < -0.39 is 10.0 Å². The molecule has 1 saturated heterocycles. The first-order valence-electron chi connectivity index (χ1n) is 7.82. The van der Waals surface area contributed by atoms with Gasteiger partial charge in [0.05, 0.1) is 0 Å². The van der Waals surface area contributed by atoms with Crippen LogP contribution in [0.5, 0.6) is 0 Å². The van der Waals surface area contributed by atoms with E-state index in [0.29, 0.717) is 19.0 Å². The van der Waals surface area contributed by atoms with Crippen molar-refractivity contribution in [1.82, 2.24) is 19.2 Å². The first-order valence-corrected chi connectivity index (χ1v) is 9.26. The molecule has 0 unspecified atom stereocenters. The molecule has 21 heavy (non-hydrogen) atoms. The molecular weight excluding hydrogens is 288 g/mol. The number of imidazole rings is 1. The second kappa shape index (κ2) is 6.06. The summed E-state index contributed by atoms with van der Waals surface area (Å²) >= 11 is 0. The highest BCUT2D eigenvalue weighted by Gasteiger charge is 2.31. The molecule has 2 aliphatic rings. The van der Waals surface area contributed by atoms with Crippen LogP contribution in [0.15, 0.2) is 11.2 Å². The van der Waals surface area contributed by atoms with Crippen LogP contribution in [0, 0.1) is 5.92 Å². The average molecular weight is 312 g/mol. The molecule has 0 atom stereocenters. The monoisotopic (exact) mass is 312 g/mol. The summed E-state index contributed by atoms with van der Waals surface area (Å²) < 4.78 is 29.0. The van der Waals surface area contributed by atoms with Gasteiger partial charge in [0.2, 0.25) is 0 Å². The molecule has 0 bridgehead atoms. The Morgan fingerprint density at radius 1 is 1.29 bits per heavy atom. The normalized spacial score (nSPS) is 21.4. The van der Waals surface area contributed by atoms with Gasteiger partial charge in [0.1, 0.15) is 5.82 Å². The van der Waals surface area contributed by atoms with Crippen molar-refractivity contribution in [1.29, 1.82) is 0 Å². The average Bonchev–Trinajstić information content (AvgIpc) is 2.93. The lowest BCUT2D eigenvalue weighted by Gasteiger charge is -2.30. The number of sulfonamides is 1. The van der Waals surface area contributed by atoms with Gasteiger partial charge in [0.15, 0.2) is 5.03 Å². The molecule has 0 aliphatic carbocycles. The van der Waals surface area contributed by atoms with Crippen molar-refractivity contribution >= 4 is 10.0 Å². The molecule has 3 rings (SSSR count). The SMILES string of the molecule is CNCC1CCN(S(=O)(=O)c2cn3c(n2)CCCC3)CC1. The van der Waals surface area contributed by atoms with Crippen LogP contribution in [-0.2, 0) is 23.0 Å². The molecule has 118 valence electrons.